The average molecular weight is 331 g/mol. The molecule has 4 rings (SSSR count). The van der Waals surface area contributed by atoms with Gasteiger partial charge in [-0.3, -0.25) is 0 Å². The predicted molar refractivity (Wildman–Crippen MR) is 77.4 cm³/mol. The molecular formula is C16H7ClO6. The minimum Gasteiger partial charge on any atom is -0.386 e. The molecule has 2 aromatic rings. The highest BCUT2D eigenvalue weighted by Gasteiger charge is 2.29. The summed E-state index contributed by atoms with van der Waals surface area (Å²) in [6, 6.07) is 11.0. The number of hydrogen-bond acceptors (Lipinski definition) is 6. The molecular weight excluding hydrogens is 324 g/mol. The molecule has 0 amide bonds. The summed E-state index contributed by atoms with van der Waals surface area (Å²) in [5.41, 5.74) is 1.24. The molecule has 0 spiro atoms. The third-order valence-corrected chi connectivity index (χ3v) is 3.39. The van der Waals surface area contributed by atoms with E-state index in [1.165, 1.54) is 12.1 Å². The van der Waals surface area contributed by atoms with Gasteiger partial charge >= 0.3 is 23.9 Å². The SMILES string of the molecule is O=C1OC(=O)c2cc(Cl)ccc21.O=C1OC(=O)c2ccccc21. The van der Waals surface area contributed by atoms with E-state index in [1.807, 2.05) is 0 Å². The van der Waals surface area contributed by atoms with E-state index in [2.05, 4.69) is 9.47 Å². The molecule has 0 fully saturated rings. The van der Waals surface area contributed by atoms with Crippen LogP contribution in [0.15, 0.2) is 42.5 Å². The summed E-state index contributed by atoms with van der Waals surface area (Å²) < 4.78 is 8.70. The normalized spacial score (nSPS) is 14.5. The fourth-order valence-corrected chi connectivity index (χ4v) is 2.26. The highest BCUT2D eigenvalue weighted by Crippen LogP contribution is 2.23. The summed E-state index contributed by atoms with van der Waals surface area (Å²) in [6.45, 7) is 0. The number of ether oxygens (including phenoxy) is 2. The van der Waals surface area contributed by atoms with Crippen molar-refractivity contribution in [3.63, 3.8) is 0 Å². The number of esters is 4. The van der Waals surface area contributed by atoms with Gasteiger partial charge in [-0.15, -0.1) is 0 Å². The molecule has 2 aliphatic heterocycles. The summed E-state index contributed by atoms with van der Waals surface area (Å²) in [5.74, 6) is -2.33. The van der Waals surface area contributed by atoms with Crippen LogP contribution in [-0.4, -0.2) is 23.9 Å². The monoisotopic (exact) mass is 330 g/mol. The van der Waals surface area contributed by atoms with Crippen LogP contribution in [0.1, 0.15) is 41.4 Å². The Bertz CT molecular complexity index is 838. The molecule has 23 heavy (non-hydrogen) atoms. The molecule has 6 nitrogen and oxygen atoms in total. The average Bonchev–Trinajstić information content (AvgIpc) is 2.97. The number of hydrogen-bond donors (Lipinski definition) is 0. The largest absolute Gasteiger partial charge is 0.386 e. The van der Waals surface area contributed by atoms with Crippen molar-refractivity contribution in [2.45, 2.75) is 0 Å². The van der Waals surface area contributed by atoms with Crippen molar-refractivity contribution in [1.82, 2.24) is 0 Å². The summed E-state index contributed by atoms with van der Waals surface area (Å²) in [7, 11) is 0. The van der Waals surface area contributed by atoms with Gasteiger partial charge < -0.3 is 9.47 Å². The van der Waals surface area contributed by atoms with Crippen molar-refractivity contribution in [3.05, 3.63) is 69.7 Å². The van der Waals surface area contributed by atoms with Crippen LogP contribution < -0.4 is 0 Å². The van der Waals surface area contributed by atoms with Crippen LogP contribution in [0, 0.1) is 0 Å². The molecule has 0 bridgehead atoms. The summed E-state index contributed by atoms with van der Waals surface area (Å²) >= 11 is 5.62. The van der Waals surface area contributed by atoms with Crippen LogP contribution in [0.3, 0.4) is 0 Å². The molecule has 7 heteroatoms. The zero-order valence-corrected chi connectivity index (χ0v) is 12.1. The lowest BCUT2D eigenvalue weighted by Gasteiger charge is -1.90. The Morgan fingerprint density at radius 1 is 0.609 bits per heavy atom. The minimum absolute atomic E-state index is 0.243. The van der Waals surface area contributed by atoms with Crippen molar-refractivity contribution in [1.29, 1.82) is 0 Å². The van der Waals surface area contributed by atoms with Crippen LogP contribution in [-0.2, 0) is 9.47 Å². The molecule has 0 radical (unpaired) electrons. The molecule has 0 unspecified atom stereocenters. The fraction of sp³-hybridized carbons (Fsp3) is 0. The zero-order chi connectivity index (χ0) is 16.6. The first-order valence-corrected chi connectivity index (χ1v) is 6.77. The van der Waals surface area contributed by atoms with E-state index >= 15 is 0 Å². The maximum Gasteiger partial charge on any atom is 0.346 e. The van der Waals surface area contributed by atoms with Gasteiger partial charge in [-0.25, -0.2) is 19.2 Å². The number of benzene rings is 2. The number of fused-ring (bicyclic) bond motifs is 2. The second-order valence-electron chi connectivity index (χ2n) is 4.59. The van der Waals surface area contributed by atoms with Crippen LogP contribution in [0.5, 0.6) is 0 Å². The van der Waals surface area contributed by atoms with Crippen molar-refractivity contribution in [2.75, 3.05) is 0 Å². The molecule has 0 aliphatic carbocycles. The van der Waals surface area contributed by atoms with Gasteiger partial charge in [0.15, 0.2) is 0 Å². The molecule has 0 aromatic heterocycles. The lowest BCUT2D eigenvalue weighted by atomic mass is 10.1. The summed E-state index contributed by atoms with van der Waals surface area (Å²) in [6.07, 6.45) is 0. The minimum atomic E-state index is -0.627. The maximum atomic E-state index is 10.9. The van der Waals surface area contributed by atoms with Crippen molar-refractivity contribution < 1.29 is 28.7 Å². The van der Waals surface area contributed by atoms with Crippen molar-refractivity contribution in [3.8, 4) is 0 Å². The Labute approximate surface area is 134 Å². The third kappa shape index (κ3) is 2.72. The van der Waals surface area contributed by atoms with Crippen LogP contribution >= 0.6 is 11.6 Å². The number of carbonyl (C=O) groups is 4. The number of carbonyl (C=O) groups excluding carboxylic acids is 4. The zero-order valence-electron chi connectivity index (χ0n) is 11.4. The maximum absolute atomic E-state index is 10.9. The Balaban J connectivity index is 0.000000136. The van der Waals surface area contributed by atoms with Crippen LogP contribution in [0.4, 0.5) is 0 Å². The standard InChI is InChI=1S/C8H3ClO3.C8H4O3/c9-4-1-2-5-6(3-4)8(11)12-7(5)10;9-7-5-3-1-2-4-6(5)8(10)11-7/h1-3H;1-4H. The first-order valence-electron chi connectivity index (χ1n) is 6.39. The van der Waals surface area contributed by atoms with E-state index in [4.69, 9.17) is 11.6 Å². The third-order valence-electron chi connectivity index (χ3n) is 3.16. The fourth-order valence-electron chi connectivity index (χ4n) is 2.09. The number of halogens is 1. The molecule has 0 N–H and O–H groups in total. The second-order valence-corrected chi connectivity index (χ2v) is 5.03. The first-order chi connectivity index (χ1) is 11.0. The highest BCUT2D eigenvalue weighted by molar-refractivity contribution is 6.31. The van der Waals surface area contributed by atoms with Crippen LogP contribution in [0.2, 0.25) is 5.02 Å². The smallest absolute Gasteiger partial charge is 0.346 e. The van der Waals surface area contributed by atoms with Gasteiger partial charge in [-0.1, -0.05) is 23.7 Å². The van der Waals surface area contributed by atoms with Gasteiger partial charge in [-0.2, -0.15) is 0 Å². The summed E-state index contributed by atoms with van der Waals surface area (Å²) in [4.78, 5) is 43.5. The van der Waals surface area contributed by atoms with Gasteiger partial charge in [0, 0.05) is 5.02 Å². The second kappa shape index (κ2) is 5.66. The first kappa shape index (κ1) is 14.9. The van der Waals surface area contributed by atoms with E-state index in [9.17, 15) is 19.2 Å². The molecule has 2 aromatic carbocycles. The highest BCUT2D eigenvalue weighted by atomic mass is 35.5. The molecule has 0 saturated carbocycles. The lowest BCUT2D eigenvalue weighted by Crippen LogP contribution is -1.96. The quantitative estimate of drug-likeness (QED) is 0.545. The van der Waals surface area contributed by atoms with Gasteiger partial charge in [0.05, 0.1) is 22.3 Å². The van der Waals surface area contributed by atoms with E-state index in [0.29, 0.717) is 16.1 Å². The number of rotatable bonds is 0. The van der Waals surface area contributed by atoms with Crippen LogP contribution in [0.25, 0.3) is 0 Å². The van der Waals surface area contributed by atoms with Crippen molar-refractivity contribution in [2.24, 2.45) is 0 Å². The van der Waals surface area contributed by atoms with E-state index in [0.717, 1.165) is 0 Å². The van der Waals surface area contributed by atoms with Crippen molar-refractivity contribution >= 4 is 35.5 Å². The van der Waals surface area contributed by atoms with E-state index in [1.54, 1.807) is 30.3 Å². The number of cyclic esters (lactones) is 4. The molecule has 2 heterocycles. The van der Waals surface area contributed by atoms with E-state index < -0.39 is 23.9 Å². The molecule has 114 valence electrons. The Morgan fingerprint density at radius 3 is 1.57 bits per heavy atom. The Kier molecular flexibility index (Phi) is 3.67. The molecule has 0 saturated heterocycles. The molecule has 2 aliphatic rings. The van der Waals surface area contributed by atoms with Gasteiger partial charge in [0.2, 0.25) is 0 Å². The molecule has 0 atom stereocenters. The Hall–Kier alpha value is -2.99. The topological polar surface area (TPSA) is 86.7 Å². The Morgan fingerprint density at radius 2 is 1.04 bits per heavy atom. The van der Waals surface area contributed by atoms with Gasteiger partial charge in [0.25, 0.3) is 0 Å². The van der Waals surface area contributed by atoms with E-state index in [-0.39, 0.29) is 11.1 Å². The lowest BCUT2D eigenvalue weighted by molar-refractivity contribution is 0.0425. The van der Waals surface area contributed by atoms with Gasteiger partial charge in [0.1, 0.15) is 0 Å². The summed E-state index contributed by atoms with van der Waals surface area (Å²) in [5, 5.41) is 0.417. The predicted octanol–water partition coefficient (Wildman–Crippen LogP) is 2.65. The van der Waals surface area contributed by atoms with Gasteiger partial charge in [-0.05, 0) is 30.3 Å².